The average Bonchev–Trinajstić information content (AvgIpc) is 3.18. The van der Waals surface area contributed by atoms with Crippen LogP contribution in [0.4, 0.5) is 4.79 Å². The summed E-state index contributed by atoms with van der Waals surface area (Å²) in [6.07, 6.45) is -0.452. The third kappa shape index (κ3) is 3.63. The van der Waals surface area contributed by atoms with Crippen molar-refractivity contribution in [3.05, 3.63) is 83.4 Å². The van der Waals surface area contributed by atoms with Gasteiger partial charge < -0.3 is 19.5 Å². The fraction of sp³-hybridized carbons (Fsp3) is 0.200. The molecule has 3 aromatic rings. The van der Waals surface area contributed by atoms with Gasteiger partial charge in [-0.3, -0.25) is 5.32 Å². The minimum Gasteiger partial charge on any atom is -0.508 e. The number of hydrogen-bond donors (Lipinski definition) is 3. The van der Waals surface area contributed by atoms with Crippen molar-refractivity contribution in [2.24, 2.45) is 0 Å². The second-order valence-corrected chi connectivity index (χ2v) is 6.45. The van der Waals surface area contributed by atoms with Crippen LogP contribution in [0.1, 0.15) is 28.6 Å². The van der Waals surface area contributed by atoms with E-state index in [9.17, 15) is 15.0 Å². The SMILES string of the molecule is O=C1NC(O)C(c2c(Cc3ccccc3)ncn2Cc2cccc(O)c2)O1. The highest BCUT2D eigenvalue weighted by Crippen LogP contribution is 2.30. The first kappa shape index (κ1) is 17.1. The lowest BCUT2D eigenvalue weighted by Gasteiger charge is -2.17. The zero-order chi connectivity index (χ0) is 18.8. The van der Waals surface area contributed by atoms with E-state index in [1.807, 2.05) is 41.0 Å². The van der Waals surface area contributed by atoms with Crippen LogP contribution in [0.25, 0.3) is 0 Å². The van der Waals surface area contributed by atoms with Crippen LogP contribution in [0.2, 0.25) is 0 Å². The number of cyclic esters (lactones) is 1. The topological polar surface area (TPSA) is 96.6 Å². The maximum Gasteiger partial charge on any atom is 0.410 e. The molecule has 1 aliphatic rings. The van der Waals surface area contributed by atoms with E-state index in [2.05, 4.69) is 10.3 Å². The Hall–Kier alpha value is -3.32. The van der Waals surface area contributed by atoms with Gasteiger partial charge in [0.05, 0.1) is 17.7 Å². The number of imidazole rings is 1. The minimum atomic E-state index is -1.15. The van der Waals surface area contributed by atoms with Crippen LogP contribution in [0.3, 0.4) is 0 Å². The number of rotatable bonds is 5. The van der Waals surface area contributed by atoms with Crippen LogP contribution in [-0.4, -0.2) is 32.1 Å². The van der Waals surface area contributed by atoms with Gasteiger partial charge in [0.15, 0.2) is 12.3 Å². The van der Waals surface area contributed by atoms with Crippen molar-refractivity contribution in [2.75, 3.05) is 0 Å². The highest BCUT2D eigenvalue weighted by Gasteiger charge is 2.37. The van der Waals surface area contributed by atoms with Crippen molar-refractivity contribution >= 4 is 6.09 Å². The second-order valence-electron chi connectivity index (χ2n) is 6.45. The fourth-order valence-corrected chi connectivity index (χ4v) is 3.28. The van der Waals surface area contributed by atoms with E-state index in [0.717, 1.165) is 16.8 Å². The van der Waals surface area contributed by atoms with Gasteiger partial charge in [-0.25, -0.2) is 9.78 Å². The molecule has 2 heterocycles. The largest absolute Gasteiger partial charge is 0.508 e. The van der Waals surface area contributed by atoms with E-state index in [0.29, 0.717) is 18.7 Å². The summed E-state index contributed by atoms with van der Waals surface area (Å²) < 4.78 is 7.12. The average molecular weight is 365 g/mol. The summed E-state index contributed by atoms with van der Waals surface area (Å²) in [4.78, 5) is 16.1. The lowest BCUT2D eigenvalue weighted by Crippen LogP contribution is -2.28. The van der Waals surface area contributed by atoms with Gasteiger partial charge in [0, 0.05) is 13.0 Å². The smallest absolute Gasteiger partial charge is 0.410 e. The molecular weight excluding hydrogens is 346 g/mol. The van der Waals surface area contributed by atoms with Crippen LogP contribution in [-0.2, 0) is 17.7 Å². The van der Waals surface area contributed by atoms with Gasteiger partial charge in [0.25, 0.3) is 0 Å². The number of carbonyl (C=O) groups is 1. The lowest BCUT2D eigenvalue weighted by atomic mass is 10.1. The second kappa shape index (κ2) is 7.13. The van der Waals surface area contributed by atoms with Gasteiger partial charge in [-0.05, 0) is 23.3 Å². The number of amides is 1. The first-order chi connectivity index (χ1) is 13.1. The molecule has 3 N–H and O–H groups in total. The molecular formula is C20H19N3O4. The molecule has 0 saturated carbocycles. The van der Waals surface area contributed by atoms with Crippen LogP contribution in [0, 0.1) is 0 Å². The van der Waals surface area contributed by atoms with E-state index >= 15 is 0 Å². The molecule has 4 rings (SSSR count). The van der Waals surface area contributed by atoms with E-state index in [4.69, 9.17) is 4.74 Å². The molecule has 1 saturated heterocycles. The molecule has 1 aromatic heterocycles. The van der Waals surface area contributed by atoms with E-state index in [-0.39, 0.29) is 5.75 Å². The third-order valence-corrected chi connectivity index (χ3v) is 4.49. The molecule has 0 radical (unpaired) electrons. The van der Waals surface area contributed by atoms with Gasteiger partial charge in [-0.1, -0.05) is 42.5 Å². The zero-order valence-electron chi connectivity index (χ0n) is 14.4. The number of benzene rings is 2. The summed E-state index contributed by atoms with van der Waals surface area (Å²) >= 11 is 0. The third-order valence-electron chi connectivity index (χ3n) is 4.49. The lowest BCUT2D eigenvalue weighted by molar-refractivity contribution is 0.0510. The predicted octanol–water partition coefficient (Wildman–Crippen LogP) is 2.33. The molecule has 1 amide bonds. The van der Waals surface area contributed by atoms with Crippen LogP contribution in [0.5, 0.6) is 5.75 Å². The molecule has 27 heavy (non-hydrogen) atoms. The molecule has 7 nitrogen and oxygen atoms in total. The van der Waals surface area contributed by atoms with Gasteiger partial charge >= 0.3 is 6.09 Å². The number of aliphatic hydroxyl groups is 1. The number of nitrogens with one attached hydrogen (secondary N) is 1. The first-order valence-corrected chi connectivity index (χ1v) is 8.61. The maximum absolute atomic E-state index is 11.6. The Balaban J connectivity index is 1.71. The van der Waals surface area contributed by atoms with Crippen LogP contribution in [0.15, 0.2) is 60.9 Å². The normalized spacial score (nSPS) is 18.9. The van der Waals surface area contributed by atoms with Gasteiger partial charge in [-0.2, -0.15) is 0 Å². The number of carbonyl (C=O) groups excluding carboxylic acids is 1. The monoisotopic (exact) mass is 365 g/mol. The fourth-order valence-electron chi connectivity index (χ4n) is 3.28. The van der Waals surface area contributed by atoms with Gasteiger partial charge in [0.2, 0.25) is 0 Å². The Bertz CT molecular complexity index is 955. The molecule has 2 unspecified atom stereocenters. The highest BCUT2D eigenvalue weighted by atomic mass is 16.6. The number of aromatic hydroxyl groups is 1. The molecule has 7 heteroatoms. The number of phenols is 1. The quantitative estimate of drug-likeness (QED) is 0.645. The number of phenolic OH excluding ortho intramolecular Hbond substituents is 1. The maximum atomic E-state index is 11.6. The Morgan fingerprint density at radius 2 is 1.89 bits per heavy atom. The van der Waals surface area contributed by atoms with Crippen molar-refractivity contribution < 1.29 is 19.7 Å². The summed E-state index contributed by atoms with van der Waals surface area (Å²) in [6, 6.07) is 16.7. The van der Waals surface area contributed by atoms with E-state index in [1.54, 1.807) is 24.5 Å². The molecule has 1 aliphatic heterocycles. The molecule has 2 atom stereocenters. The summed E-state index contributed by atoms with van der Waals surface area (Å²) in [7, 11) is 0. The number of hydrogen-bond acceptors (Lipinski definition) is 5. The molecule has 0 aliphatic carbocycles. The Kier molecular flexibility index (Phi) is 4.52. The van der Waals surface area contributed by atoms with Gasteiger partial charge in [-0.15, -0.1) is 0 Å². The molecule has 0 spiro atoms. The van der Waals surface area contributed by atoms with Crippen molar-refractivity contribution in [1.29, 1.82) is 0 Å². The zero-order valence-corrected chi connectivity index (χ0v) is 14.4. The van der Waals surface area contributed by atoms with Crippen molar-refractivity contribution in [3.63, 3.8) is 0 Å². The summed E-state index contributed by atoms with van der Waals surface area (Å²) in [5.74, 6) is 0.174. The van der Waals surface area contributed by atoms with E-state index in [1.165, 1.54) is 0 Å². The summed E-state index contributed by atoms with van der Waals surface area (Å²) in [5.41, 5.74) is 3.29. The molecule has 2 aromatic carbocycles. The number of aromatic nitrogens is 2. The predicted molar refractivity (Wildman–Crippen MR) is 97.0 cm³/mol. The highest BCUT2D eigenvalue weighted by molar-refractivity contribution is 5.70. The molecule has 1 fully saturated rings. The standard InChI is InChI=1S/C20H19N3O4/c24-15-8-4-7-14(9-15)11-23-12-21-16(10-13-5-2-1-3-6-13)17(23)18-19(25)22-20(26)27-18/h1-9,12,18-19,24-25H,10-11H2,(H,22,26). The Morgan fingerprint density at radius 3 is 2.59 bits per heavy atom. The van der Waals surface area contributed by atoms with Crippen molar-refractivity contribution in [3.8, 4) is 5.75 Å². The van der Waals surface area contributed by atoms with E-state index < -0.39 is 18.4 Å². The van der Waals surface area contributed by atoms with Crippen LogP contribution >= 0.6 is 0 Å². The Labute approximate surface area is 155 Å². The molecule has 0 bridgehead atoms. The number of nitrogens with zero attached hydrogens (tertiary/aromatic N) is 2. The number of alkyl carbamates (subject to hydrolysis) is 1. The van der Waals surface area contributed by atoms with Crippen LogP contribution < -0.4 is 5.32 Å². The number of ether oxygens (including phenoxy) is 1. The Morgan fingerprint density at radius 1 is 1.11 bits per heavy atom. The minimum absolute atomic E-state index is 0.174. The summed E-state index contributed by atoms with van der Waals surface area (Å²) in [5, 5.41) is 22.3. The van der Waals surface area contributed by atoms with Gasteiger partial charge in [0.1, 0.15) is 5.75 Å². The van der Waals surface area contributed by atoms with Crippen molar-refractivity contribution in [1.82, 2.24) is 14.9 Å². The molecule has 138 valence electrons. The first-order valence-electron chi connectivity index (χ1n) is 8.61. The summed E-state index contributed by atoms with van der Waals surface area (Å²) in [6.45, 7) is 0.423. The van der Waals surface area contributed by atoms with Crippen molar-refractivity contribution in [2.45, 2.75) is 25.3 Å². The number of aliphatic hydroxyl groups excluding tert-OH is 1.